The van der Waals surface area contributed by atoms with Gasteiger partial charge in [0.15, 0.2) is 6.10 Å². The second-order valence-electron chi connectivity index (χ2n) is 14.2. The Hall–Kier alpha value is -1.51. The van der Waals surface area contributed by atoms with Gasteiger partial charge in [0.1, 0.15) is 6.61 Å². The number of hydrogen-bond donors (Lipinski definition) is 2. The van der Waals surface area contributed by atoms with Gasteiger partial charge in [-0.1, -0.05) is 147 Å². The number of allylic oxidation sites excluding steroid dienone is 4. The van der Waals surface area contributed by atoms with Crippen LogP contribution in [0.3, 0.4) is 0 Å². The topological polar surface area (TPSA) is 134 Å². The maximum absolute atomic E-state index is 12.6. The van der Waals surface area contributed by atoms with E-state index in [4.69, 9.17) is 24.3 Å². The largest absolute Gasteiger partial charge is 0.472 e. The van der Waals surface area contributed by atoms with Crippen LogP contribution in [-0.2, 0) is 32.7 Å². The van der Waals surface area contributed by atoms with Crippen LogP contribution < -0.4 is 5.73 Å². The van der Waals surface area contributed by atoms with Gasteiger partial charge in [-0.3, -0.25) is 18.6 Å². The van der Waals surface area contributed by atoms with Crippen molar-refractivity contribution in [1.82, 2.24) is 0 Å². The van der Waals surface area contributed by atoms with E-state index in [2.05, 4.69) is 38.2 Å². The molecule has 0 radical (unpaired) electrons. The summed E-state index contributed by atoms with van der Waals surface area (Å²) in [4.78, 5) is 34.8. The second kappa shape index (κ2) is 39.2. The zero-order chi connectivity index (χ0) is 38.2. The first-order chi connectivity index (χ1) is 25.3. The van der Waals surface area contributed by atoms with Crippen molar-refractivity contribution in [2.75, 3.05) is 26.4 Å². The van der Waals surface area contributed by atoms with Crippen LogP contribution in [0.15, 0.2) is 24.3 Å². The summed E-state index contributed by atoms with van der Waals surface area (Å²) >= 11 is 0. The van der Waals surface area contributed by atoms with E-state index >= 15 is 0 Å². The Morgan fingerprint density at radius 1 is 0.558 bits per heavy atom. The first-order valence-corrected chi connectivity index (χ1v) is 22.8. The van der Waals surface area contributed by atoms with Crippen molar-refractivity contribution in [3.8, 4) is 0 Å². The van der Waals surface area contributed by atoms with E-state index < -0.39 is 32.5 Å². The maximum atomic E-state index is 12.6. The van der Waals surface area contributed by atoms with Gasteiger partial charge in [0.25, 0.3) is 0 Å². The number of carbonyl (C=O) groups excluding carboxylic acids is 2. The number of nitrogens with two attached hydrogens (primary N) is 1. The fourth-order valence-corrected chi connectivity index (χ4v) is 6.62. The van der Waals surface area contributed by atoms with Crippen LogP contribution in [0.1, 0.15) is 200 Å². The molecule has 0 aliphatic rings. The molecule has 0 spiro atoms. The number of ether oxygens (including phenoxy) is 2. The Labute approximate surface area is 319 Å². The number of phosphoric acid groups is 1. The minimum atomic E-state index is -4.38. The van der Waals surface area contributed by atoms with Gasteiger partial charge in [-0.15, -0.1) is 0 Å². The van der Waals surface area contributed by atoms with Crippen molar-refractivity contribution in [3.05, 3.63) is 24.3 Å². The van der Waals surface area contributed by atoms with Crippen LogP contribution in [-0.4, -0.2) is 49.3 Å². The molecule has 0 amide bonds. The van der Waals surface area contributed by atoms with E-state index in [0.717, 1.165) is 70.6 Å². The molecule has 0 aliphatic carbocycles. The van der Waals surface area contributed by atoms with E-state index in [1.165, 1.54) is 96.3 Å². The van der Waals surface area contributed by atoms with Gasteiger partial charge >= 0.3 is 19.8 Å². The summed E-state index contributed by atoms with van der Waals surface area (Å²) in [6, 6.07) is 0. The molecule has 9 nitrogen and oxygen atoms in total. The van der Waals surface area contributed by atoms with Crippen LogP contribution in [0, 0.1) is 0 Å². The standard InChI is InChI=1S/C42H80NO8P/c1-3-5-7-9-11-13-15-17-19-21-22-24-26-28-30-32-34-41(44)48-38-40(39-50-52(46,47)49-37-36-43)51-42(45)35-33-31-29-27-25-23-20-18-16-14-12-10-8-6-4-2/h18-21,40H,3-17,22-39,43H2,1-2H3,(H,46,47)/b20-18-,21-19-/t40-/m1/s1. The molecule has 0 aromatic heterocycles. The molecule has 1 unspecified atom stereocenters. The molecule has 0 aliphatic heterocycles. The lowest BCUT2D eigenvalue weighted by atomic mass is 10.1. The van der Waals surface area contributed by atoms with Crippen molar-refractivity contribution >= 4 is 19.8 Å². The number of carbonyl (C=O) groups is 2. The summed E-state index contributed by atoms with van der Waals surface area (Å²) in [5.74, 6) is -0.844. The van der Waals surface area contributed by atoms with Crippen LogP contribution in [0.2, 0.25) is 0 Å². The van der Waals surface area contributed by atoms with E-state index in [9.17, 15) is 19.0 Å². The summed E-state index contributed by atoms with van der Waals surface area (Å²) in [6.07, 6.45) is 40.6. The average Bonchev–Trinajstić information content (AvgIpc) is 3.13. The Morgan fingerprint density at radius 3 is 1.37 bits per heavy atom. The third-order valence-electron chi connectivity index (χ3n) is 9.06. The number of hydrogen-bond acceptors (Lipinski definition) is 8. The molecule has 0 saturated carbocycles. The van der Waals surface area contributed by atoms with Gasteiger partial charge in [0.05, 0.1) is 13.2 Å². The fourth-order valence-electron chi connectivity index (χ4n) is 5.86. The molecular weight excluding hydrogens is 677 g/mol. The van der Waals surface area contributed by atoms with E-state index in [1.54, 1.807) is 0 Å². The Kier molecular flexibility index (Phi) is 38.1. The normalized spacial score (nSPS) is 13.5. The minimum absolute atomic E-state index is 0.0519. The van der Waals surface area contributed by atoms with Crippen molar-refractivity contribution in [3.63, 3.8) is 0 Å². The SMILES string of the molecule is CCCCCCCC/C=C\CCCCCCCC(=O)O[C@H](COC(=O)CCCCCCC/C=C\CCCCCCCCC)COP(=O)(O)OCCN. The zero-order valence-electron chi connectivity index (χ0n) is 33.6. The van der Waals surface area contributed by atoms with Crippen molar-refractivity contribution in [2.24, 2.45) is 5.73 Å². The molecule has 0 aromatic rings. The highest BCUT2D eigenvalue weighted by molar-refractivity contribution is 7.47. The van der Waals surface area contributed by atoms with E-state index in [1.807, 2.05) is 0 Å². The number of esters is 2. The first-order valence-electron chi connectivity index (χ1n) is 21.3. The number of unbranched alkanes of at least 4 members (excludes halogenated alkanes) is 23. The molecule has 52 heavy (non-hydrogen) atoms. The molecule has 306 valence electrons. The molecule has 0 rings (SSSR count). The van der Waals surface area contributed by atoms with Crippen LogP contribution in [0.5, 0.6) is 0 Å². The predicted molar refractivity (Wildman–Crippen MR) is 215 cm³/mol. The minimum Gasteiger partial charge on any atom is -0.462 e. The monoisotopic (exact) mass is 758 g/mol. The lowest BCUT2D eigenvalue weighted by Crippen LogP contribution is -2.29. The van der Waals surface area contributed by atoms with Gasteiger partial charge in [-0.05, 0) is 64.2 Å². The summed E-state index contributed by atoms with van der Waals surface area (Å²) < 4.78 is 32.7. The summed E-state index contributed by atoms with van der Waals surface area (Å²) in [7, 11) is -4.38. The third kappa shape index (κ3) is 38.2. The molecule has 0 fully saturated rings. The molecule has 10 heteroatoms. The summed E-state index contributed by atoms with van der Waals surface area (Å²) in [6.45, 7) is 3.71. The lowest BCUT2D eigenvalue weighted by Gasteiger charge is -2.19. The molecule has 3 N–H and O–H groups in total. The highest BCUT2D eigenvalue weighted by Gasteiger charge is 2.26. The zero-order valence-corrected chi connectivity index (χ0v) is 34.4. The van der Waals surface area contributed by atoms with Gasteiger partial charge < -0.3 is 20.1 Å². The predicted octanol–water partition coefficient (Wildman–Crippen LogP) is 12.0. The second-order valence-corrected chi connectivity index (χ2v) is 15.7. The molecule has 0 aromatic carbocycles. The van der Waals surface area contributed by atoms with Gasteiger partial charge in [-0.25, -0.2) is 4.57 Å². The van der Waals surface area contributed by atoms with Crippen LogP contribution in [0.4, 0.5) is 0 Å². The molecule has 0 heterocycles. The Morgan fingerprint density at radius 2 is 0.942 bits per heavy atom. The molecule has 0 saturated heterocycles. The average molecular weight is 758 g/mol. The number of rotatable bonds is 40. The van der Waals surface area contributed by atoms with Crippen molar-refractivity contribution in [1.29, 1.82) is 0 Å². The van der Waals surface area contributed by atoms with E-state index in [-0.39, 0.29) is 32.6 Å². The number of phosphoric ester groups is 1. The third-order valence-corrected chi connectivity index (χ3v) is 10.0. The van der Waals surface area contributed by atoms with E-state index in [0.29, 0.717) is 6.42 Å². The quantitative estimate of drug-likeness (QED) is 0.0271. The Balaban J connectivity index is 4.18. The van der Waals surface area contributed by atoms with Crippen molar-refractivity contribution in [2.45, 2.75) is 206 Å². The molecule has 0 bridgehead atoms. The smallest absolute Gasteiger partial charge is 0.462 e. The van der Waals surface area contributed by atoms with Crippen molar-refractivity contribution < 1.29 is 37.6 Å². The summed E-state index contributed by atoms with van der Waals surface area (Å²) in [5, 5.41) is 0. The molecule has 2 atom stereocenters. The maximum Gasteiger partial charge on any atom is 0.472 e. The lowest BCUT2D eigenvalue weighted by molar-refractivity contribution is -0.161. The highest BCUT2D eigenvalue weighted by atomic mass is 31.2. The Bertz CT molecular complexity index is 912. The highest BCUT2D eigenvalue weighted by Crippen LogP contribution is 2.43. The van der Waals surface area contributed by atoms with Gasteiger partial charge in [0, 0.05) is 19.4 Å². The van der Waals surface area contributed by atoms with Gasteiger partial charge in [0.2, 0.25) is 0 Å². The van der Waals surface area contributed by atoms with Crippen LogP contribution in [0.25, 0.3) is 0 Å². The van der Waals surface area contributed by atoms with Crippen LogP contribution >= 0.6 is 7.82 Å². The van der Waals surface area contributed by atoms with Gasteiger partial charge in [-0.2, -0.15) is 0 Å². The molecular formula is C42H80NO8P. The summed E-state index contributed by atoms with van der Waals surface area (Å²) in [5.41, 5.74) is 5.34. The fraction of sp³-hybridized carbons (Fsp3) is 0.857. The first kappa shape index (κ1) is 50.5.